The second-order valence-electron chi connectivity index (χ2n) is 8.43. The minimum atomic E-state index is 0.305. The fraction of sp³-hybridized carbons (Fsp3) is 0.538. The Balaban J connectivity index is 1.75. The third-order valence-electron chi connectivity index (χ3n) is 6.86. The molecule has 0 spiro atoms. The maximum Gasteiger partial charge on any atom is 0.119 e. The first kappa shape index (κ1) is 20.0. The minimum Gasteiger partial charge on any atom is -0.490 e. The van der Waals surface area contributed by atoms with Gasteiger partial charge in [-0.3, -0.25) is 0 Å². The second-order valence-corrected chi connectivity index (χ2v) is 8.43. The molecule has 0 radical (unpaired) electrons. The lowest BCUT2D eigenvalue weighted by atomic mass is 9.75. The number of benzene rings is 2. The summed E-state index contributed by atoms with van der Waals surface area (Å²) in [6.07, 6.45) is 10.2. The van der Waals surface area contributed by atoms with E-state index in [2.05, 4.69) is 75.4 Å². The number of ether oxygens (including phenoxy) is 1. The molecule has 0 aliphatic heterocycles. The van der Waals surface area contributed by atoms with Crippen molar-refractivity contribution in [3.8, 4) is 5.75 Å². The first-order valence-electron chi connectivity index (χ1n) is 11.0. The number of hydrogen-bond donors (Lipinski definition) is 0. The molecule has 2 unspecified atom stereocenters. The fourth-order valence-corrected chi connectivity index (χ4v) is 4.69. The van der Waals surface area contributed by atoms with E-state index in [1.165, 1.54) is 49.7 Å². The Kier molecular flexibility index (Phi) is 6.99. The van der Waals surface area contributed by atoms with Crippen LogP contribution in [0, 0.1) is 5.41 Å². The Morgan fingerprint density at radius 2 is 1.59 bits per heavy atom. The van der Waals surface area contributed by atoms with Gasteiger partial charge in [0.25, 0.3) is 0 Å². The molecule has 1 saturated carbocycles. The van der Waals surface area contributed by atoms with Crippen molar-refractivity contribution in [3.05, 3.63) is 65.7 Å². The zero-order valence-electron chi connectivity index (χ0n) is 17.4. The second kappa shape index (κ2) is 9.44. The van der Waals surface area contributed by atoms with Crippen LogP contribution in [-0.4, -0.2) is 6.10 Å². The molecule has 1 aliphatic rings. The normalized spacial score (nSPS) is 18.2. The minimum absolute atomic E-state index is 0.305. The molecular weight excluding hydrogens is 328 g/mol. The van der Waals surface area contributed by atoms with Crippen molar-refractivity contribution in [1.82, 2.24) is 0 Å². The van der Waals surface area contributed by atoms with Gasteiger partial charge in [0.1, 0.15) is 11.9 Å². The molecule has 3 rings (SSSR count). The Labute approximate surface area is 166 Å². The first-order chi connectivity index (χ1) is 13.2. The highest BCUT2D eigenvalue weighted by atomic mass is 16.5. The Hall–Kier alpha value is -1.76. The van der Waals surface area contributed by atoms with Crippen molar-refractivity contribution in [3.63, 3.8) is 0 Å². The van der Waals surface area contributed by atoms with E-state index in [4.69, 9.17) is 4.74 Å². The van der Waals surface area contributed by atoms with Crippen molar-refractivity contribution >= 4 is 0 Å². The van der Waals surface area contributed by atoms with E-state index in [1.807, 2.05) is 0 Å². The van der Waals surface area contributed by atoms with Crippen molar-refractivity contribution in [2.75, 3.05) is 0 Å². The van der Waals surface area contributed by atoms with E-state index >= 15 is 0 Å². The number of aryl methyl sites for hydroxylation is 1. The Bertz CT molecular complexity index is 667. The monoisotopic (exact) mass is 364 g/mol. The summed E-state index contributed by atoms with van der Waals surface area (Å²) in [7, 11) is 0. The summed E-state index contributed by atoms with van der Waals surface area (Å²) in [5.41, 5.74) is 3.18. The molecule has 1 nitrogen and oxygen atoms in total. The van der Waals surface area contributed by atoms with E-state index < -0.39 is 0 Å². The van der Waals surface area contributed by atoms with Crippen LogP contribution in [0.2, 0.25) is 0 Å². The Morgan fingerprint density at radius 1 is 0.926 bits per heavy atom. The van der Waals surface area contributed by atoms with Crippen LogP contribution in [0.15, 0.2) is 54.6 Å². The van der Waals surface area contributed by atoms with E-state index in [0.29, 0.717) is 17.4 Å². The molecule has 2 aromatic carbocycles. The molecule has 0 aromatic heterocycles. The van der Waals surface area contributed by atoms with Gasteiger partial charge in [-0.25, -0.2) is 0 Å². The van der Waals surface area contributed by atoms with Crippen LogP contribution in [-0.2, 0) is 6.42 Å². The quantitative estimate of drug-likeness (QED) is 0.446. The molecular formula is C26H36O. The van der Waals surface area contributed by atoms with Gasteiger partial charge in [0.05, 0.1) is 0 Å². The van der Waals surface area contributed by atoms with Crippen LogP contribution in [0.5, 0.6) is 5.75 Å². The largest absolute Gasteiger partial charge is 0.490 e. The highest BCUT2D eigenvalue weighted by Crippen LogP contribution is 2.46. The van der Waals surface area contributed by atoms with Crippen molar-refractivity contribution in [1.29, 1.82) is 0 Å². The lowest BCUT2D eigenvalue weighted by Crippen LogP contribution is -2.37. The first-order valence-corrected chi connectivity index (χ1v) is 11.0. The smallest absolute Gasteiger partial charge is 0.119 e. The maximum atomic E-state index is 6.68. The summed E-state index contributed by atoms with van der Waals surface area (Å²) in [5.74, 6) is 1.66. The third-order valence-corrected chi connectivity index (χ3v) is 6.86. The highest BCUT2D eigenvalue weighted by Gasteiger charge is 2.41. The van der Waals surface area contributed by atoms with Gasteiger partial charge in [-0.1, -0.05) is 76.1 Å². The molecule has 0 N–H and O–H groups in total. The molecule has 1 fully saturated rings. The maximum absolute atomic E-state index is 6.68. The van der Waals surface area contributed by atoms with Gasteiger partial charge in [-0.15, -0.1) is 0 Å². The van der Waals surface area contributed by atoms with E-state index in [-0.39, 0.29) is 0 Å². The van der Waals surface area contributed by atoms with Crippen LogP contribution < -0.4 is 4.74 Å². The van der Waals surface area contributed by atoms with Crippen molar-refractivity contribution in [2.45, 2.75) is 84.2 Å². The molecule has 2 atom stereocenters. The van der Waals surface area contributed by atoms with Crippen LogP contribution in [0.3, 0.4) is 0 Å². The molecule has 0 amide bonds. The van der Waals surface area contributed by atoms with Crippen LogP contribution in [0.25, 0.3) is 0 Å². The summed E-state index contributed by atoms with van der Waals surface area (Å²) in [6.45, 7) is 6.90. The third kappa shape index (κ3) is 4.94. The standard InChI is InChI=1S/C26H36O/c1-4-21(3)23-14-16-24(17-15-23)27-25(26(5-2)19-9-10-20-26)18-13-22-11-7-6-8-12-22/h6-8,11-12,14-17,21,25H,4-5,9-10,13,18-20H2,1-3H3. The predicted molar refractivity (Wildman–Crippen MR) is 116 cm³/mol. The molecule has 146 valence electrons. The van der Waals surface area contributed by atoms with Gasteiger partial charge < -0.3 is 4.74 Å². The van der Waals surface area contributed by atoms with Gasteiger partial charge in [-0.2, -0.15) is 0 Å². The number of hydrogen-bond acceptors (Lipinski definition) is 1. The van der Waals surface area contributed by atoms with Gasteiger partial charge in [0.15, 0.2) is 0 Å². The summed E-state index contributed by atoms with van der Waals surface area (Å²) < 4.78 is 6.68. The molecule has 0 heterocycles. The summed E-state index contributed by atoms with van der Waals surface area (Å²) in [4.78, 5) is 0. The SMILES string of the molecule is CCC(C)c1ccc(OC(CCc2ccccc2)C2(CC)CCCC2)cc1. The molecule has 2 aromatic rings. The summed E-state index contributed by atoms with van der Waals surface area (Å²) in [6, 6.07) is 19.8. The van der Waals surface area contributed by atoms with Gasteiger partial charge in [-0.05, 0) is 67.7 Å². The molecule has 1 heteroatoms. The topological polar surface area (TPSA) is 9.23 Å². The fourth-order valence-electron chi connectivity index (χ4n) is 4.69. The van der Waals surface area contributed by atoms with E-state index in [0.717, 1.165) is 18.6 Å². The van der Waals surface area contributed by atoms with Crippen LogP contribution in [0.1, 0.15) is 82.8 Å². The lowest BCUT2D eigenvalue weighted by molar-refractivity contribution is 0.0398. The zero-order chi connectivity index (χ0) is 19.1. The highest BCUT2D eigenvalue weighted by molar-refractivity contribution is 5.29. The molecule has 1 aliphatic carbocycles. The van der Waals surface area contributed by atoms with Gasteiger partial charge in [0, 0.05) is 5.41 Å². The Morgan fingerprint density at radius 3 is 2.19 bits per heavy atom. The number of rotatable bonds is 9. The molecule has 0 saturated heterocycles. The van der Waals surface area contributed by atoms with Crippen LogP contribution in [0.4, 0.5) is 0 Å². The van der Waals surface area contributed by atoms with Crippen LogP contribution >= 0.6 is 0 Å². The predicted octanol–water partition coefficient (Wildman–Crippen LogP) is 7.55. The average molecular weight is 365 g/mol. The van der Waals surface area contributed by atoms with E-state index in [9.17, 15) is 0 Å². The van der Waals surface area contributed by atoms with Gasteiger partial charge in [0.2, 0.25) is 0 Å². The summed E-state index contributed by atoms with van der Waals surface area (Å²) >= 11 is 0. The van der Waals surface area contributed by atoms with Crippen molar-refractivity contribution in [2.24, 2.45) is 5.41 Å². The van der Waals surface area contributed by atoms with Crippen molar-refractivity contribution < 1.29 is 4.74 Å². The molecule has 0 bridgehead atoms. The van der Waals surface area contributed by atoms with Gasteiger partial charge >= 0.3 is 0 Å². The zero-order valence-corrected chi connectivity index (χ0v) is 17.4. The lowest BCUT2D eigenvalue weighted by Gasteiger charge is -2.37. The molecule has 27 heavy (non-hydrogen) atoms. The summed E-state index contributed by atoms with van der Waals surface area (Å²) in [5, 5.41) is 0. The average Bonchev–Trinajstić information content (AvgIpc) is 3.22. The van der Waals surface area contributed by atoms with E-state index in [1.54, 1.807) is 0 Å².